The highest BCUT2D eigenvalue weighted by Crippen LogP contribution is 2.41. The SMILES string of the molecule is Cc1ccc(NC(=O)Cn2nc(C3CC3)c3cnn(-c4ccccc4)c3c2=O)cc1Cl. The molecule has 156 valence electrons. The molecule has 0 aliphatic heterocycles. The minimum absolute atomic E-state index is 0.194. The molecule has 7 nitrogen and oxygen atoms in total. The number of halogens is 1. The first-order valence-corrected chi connectivity index (χ1v) is 10.5. The lowest BCUT2D eigenvalue weighted by Crippen LogP contribution is -2.31. The second kappa shape index (κ2) is 7.67. The minimum atomic E-state index is -0.349. The van der Waals surface area contributed by atoms with Gasteiger partial charge in [-0.15, -0.1) is 0 Å². The fourth-order valence-corrected chi connectivity index (χ4v) is 3.81. The van der Waals surface area contributed by atoms with E-state index in [0.29, 0.717) is 22.1 Å². The maximum atomic E-state index is 13.3. The molecule has 2 aromatic carbocycles. The largest absolute Gasteiger partial charge is 0.324 e. The average Bonchev–Trinajstić information content (AvgIpc) is 3.51. The number of aryl methyl sites for hydroxylation is 1. The highest BCUT2D eigenvalue weighted by molar-refractivity contribution is 6.31. The summed E-state index contributed by atoms with van der Waals surface area (Å²) in [7, 11) is 0. The van der Waals surface area contributed by atoms with Crippen molar-refractivity contribution < 1.29 is 4.79 Å². The van der Waals surface area contributed by atoms with Crippen LogP contribution in [-0.2, 0) is 11.3 Å². The number of hydrogen-bond donors (Lipinski definition) is 1. The number of fused-ring (bicyclic) bond motifs is 1. The molecule has 2 aromatic heterocycles. The van der Waals surface area contributed by atoms with Crippen molar-refractivity contribution >= 4 is 34.1 Å². The summed E-state index contributed by atoms with van der Waals surface area (Å²) in [5.74, 6) is -0.0527. The lowest BCUT2D eigenvalue weighted by atomic mass is 10.2. The van der Waals surface area contributed by atoms with E-state index in [2.05, 4.69) is 15.5 Å². The Hall–Kier alpha value is -3.45. The van der Waals surface area contributed by atoms with Gasteiger partial charge in [-0.1, -0.05) is 35.9 Å². The van der Waals surface area contributed by atoms with E-state index < -0.39 is 0 Å². The van der Waals surface area contributed by atoms with E-state index in [4.69, 9.17) is 11.6 Å². The number of hydrogen-bond acceptors (Lipinski definition) is 4. The van der Waals surface area contributed by atoms with Crippen LogP contribution < -0.4 is 10.9 Å². The van der Waals surface area contributed by atoms with Gasteiger partial charge in [0.15, 0.2) is 0 Å². The van der Waals surface area contributed by atoms with Crippen molar-refractivity contribution in [3.05, 3.63) is 81.4 Å². The quantitative estimate of drug-likeness (QED) is 0.514. The zero-order valence-electron chi connectivity index (χ0n) is 16.9. The predicted molar refractivity (Wildman–Crippen MR) is 120 cm³/mol. The normalized spacial score (nSPS) is 13.5. The first-order chi connectivity index (χ1) is 15.0. The van der Waals surface area contributed by atoms with Crippen molar-refractivity contribution in [2.45, 2.75) is 32.2 Å². The predicted octanol–water partition coefficient (Wildman–Crippen LogP) is 4.06. The third-order valence-electron chi connectivity index (χ3n) is 5.42. The lowest BCUT2D eigenvalue weighted by molar-refractivity contribution is -0.117. The van der Waals surface area contributed by atoms with Gasteiger partial charge in [0.05, 0.1) is 17.6 Å². The van der Waals surface area contributed by atoms with Crippen LogP contribution in [0.15, 0.2) is 59.5 Å². The summed E-state index contributed by atoms with van der Waals surface area (Å²) in [4.78, 5) is 26.0. The van der Waals surface area contributed by atoms with Gasteiger partial charge >= 0.3 is 0 Å². The molecule has 0 radical (unpaired) electrons. The van der Waals surface area contributed by atoms with Crippen LogP contribution in [-0.4, -0.2) is 25.5 Å². The van der Waals surface area contributed by atoms with Crippen LogP contribution in [0.2, 0.25) is 5.02 Å². The lowest BCUT2D eigenvalue weighted by Gasteiger charge is -2.11. The number of nitrogens with zero attached hydrogens (tertiary/aromatic N) is 4. The number of rotatable bonds is 5. The number of anilines is 1. The molecule has 0 unspecified atom stereocenters. The number of benzene rings is 2. The Balaban J connectivity index is 1.54. The van der Waals surface area contributed by atoms with Gasteiger partial charge in [-0.2, -0.15) is 10.2 Å². The molecule has 0 atom stereocenters. The summed E-state index contributed by atoms with van der Waals surface area (Å²) >= 11 is 6.15. The van der Waals surface area contributed by atoms with Gasteiger partial charge in [-0.05, 0) is 49.6 Å². The van der Waals surface area contributed by atoms with Gasteiger partial charge in [-0.3, -0.25) is 9.59 Å². The van der Waals surface area contributed by atoms with Crippen LogP contribution in [0, 0.1) is 6.92 Å². The van der Waals surface area contributed by atoms with Gasteiger partial charge in [-0.25, -0.2) is 9.36 Å². The molecule has 4 aromatic rings. The Morgan fingerprint density at radius 2 is 1.97 bits per heavy atom. The topological polar surface area (TPSA) is 81.8 Å². The molecule has 5 rings (SSSR count). The summed E-state index contributed by atoms with van der Waals surface area (Å²) in [6.45, 7) is 1.70. The van der Waals surface area contributed by atoms with Crippen LogP contribution in [0.3, 0.4) is 0 Å². The number of amides is 1. The van der Waals surface area contributed by atoms with E-state index in [1.807, 2.05) is 43.3 Å². The van der Waals surface area contributed by atoms with Crippen molar-refractivity contribution in [2.24, 2.45) is 0 Å². The standard InChI is InChI=1S/C23H20ClN5O2/c1-14-7-10-16(11-19(14)24)26-20(30)13-28-23(31)22-18(21(27-28)15-8-9-15)12-25-29(22)17-5-3-2-4-6-17/h2-7,10-12,15H,8-9,13H2,1H3,(H,26,30). The van der Waals surface area contributed by atoms with Crippen LogP contribution in [0.4, 0.5) is 5.69 Å². The maximum Gasteiger partial charge on any atom is 0.293 e. The van der Waals surface area contributed by atoms with E-state index in [1.54, 1.807) is 23.0 Å². The molecule has 1 aliphatic rings. The molecule has 8 heteroatoms. The molecule has 1 saturated carbocycles. The summed E-state index contributed by atoms with van der Waals surface area (Å²) < 4.78 is 2.86. The molecule has 31 heavy (non-hydrogen) atoms. The second-order valence-corrected chi connectivity index (χ2v) is 8.20. The van der Waals surface area contributed by atoms with Gasteiger partial charge in [0.25, 0.3) is 5.56 Å². The molecule has 1 amide bonds. The molecule has 0 spiro atoms. The number of aromatic nitrogens is 4. The number of carbonyl (C=O) groups excluding carboxylic acids is 1. The van der Waals surface area contributed by atoms with Crippen molar-refractivity contribution in [3.8, 4) is 5.69 Å². The maximum absolute atomic E-state index is 13.3. The summed E-state index contributed by atoms with van der Waals surface area (Å²) in [5, 5.41) is 13.1. The molecule has 2 heterocycles. The first-order valence-electron chi connectivity index (χ1n) is 10.1. The Morgan fingerprint density at radius 3 is 2.68 bits per heavy atom. The van der Waals surface area contributed by atoms with E-state index in [9.17, 15) is 9.59 Å². The molecule has 1 aliphatic carbocycles. The Bertz CT molecular complexity index is 1360. The summed E-state index contributed by atoms with van der Waals surface area (Å²) in [6, 6.07) is 14.8. The van der Waals surface area contributed by atoms with E-state index in [0.717, 1.165) is 35.2 Å². The third-order valence-corrected chi connectivity index (χ3v) is 5.83. The average molecular weight is 434 g/mol. The molecule has 1 N–H and O–H groups in total. The second-order valence-electron chi connectivity index (χ2n) is 7.79. The molecule has 0 bridgehead atoms. The Morgan fingerprint density at radius 1 is 1.19 bits per heavy atom. The summed E-state index contributed by atoms with van der Waals surface area (Å²) in [6.07, 6.45) is 3.73. The number of para-hydroxylation sites is 1. The van der Waals surface area contributed by atoms with Crippen molar-refractivity contribution in [1.29, 1.82) is 0 Å². The smallest absolute Gasteiger partial charge is 0.293 e. The highest BCUT2D eigenvalue weighted by Gasteiger charge is 2.30. The monoisotopic (exact) mass is 433 g/mol. The Kier molecular flexibility index (Phi) is 4.82. The molecule has 0 saturated heterocycles. The van der Waals surface area contributed by atoms with Crippen LogP contribution >= 0.6 is 11.6 Å². The Labute approximate surface area is 183 Å². The van der Waals surface area contributed by atoms with E-state index in [-0.39, 0.29) is 18.0 Å². The minimum Gasteiger partial charge on any atom is -0.324 e. The fraction of sp³-hybridized carbons (Fsp3) is 0.217. The zero-order valence-corrected chi connectivity index (χ0v) is 17.6. The third kappa shape index (κ3) is 3.72. The van der Waals surface area contributed by atoms with Crippen LogP contribution in [0.25, 0.3) is 16.6 Å². The zero-order chi connectivity index (χ0) is 21.5. The fourth-order valence-electron chi connectivity index (χ4n) is 3.63. The van der Waals surface area contributed by atoms with Crippen LogP contribution in [0.5, 0.6) is 0 Å². The molecular weight excluding hydrogens is 414 g/mol. The van der Waals surface area contributed by atoms with E-state index in [1.165, 1.54) is 4.68 Å². The molecule has 1 fully saturated rings. The van der Waals surface area contributed by atoms with Gasteiger partial charge < -0.3 is 5.32 Å². The summed E-state index contributed by atoms with van der Waals surface area (Å²) in [5.41, 5.74) is 3.20. The van der Waals surface area contributed by atoms with Crippen molar-refractivity contribution in [2.75, 3.05) is 5.32 Å². The van der Waals surface area contributed by atoms with Gasteiger partial charge in [0.1, 0.15) is 12.1 Å². The van der Waals surface area contributed by atoms with E-state index >= 15 is 0 Å². The van der Waals surface area contributed by atoms with Crippen molar-refractivity contribution in [1.82, 2.24) is 19.6 Å². The first kappa shape index (κ1) is 19.5. The highest BCUT2D eigenvalue weighted by atomic mass is 35.5. The van der Waals surface area contributed by atoms with Gasteiger partial charge in [0, 0.05) is 22.0 Å². The number of carbonyl (C=O) groups is 1. The van der Waals surface area contributed by atoms with Crippen LogP contribution in [0.1, 0.15) is 30.0 Å². The van der Waals surface area contributed by atoms with Crippen molar-refractivity contribution in [3.63, 3.8) is 0 Å². The number of nitrogens with one attached hydrogen (secondary N) is 1. The molecular formula is C23H20ClN5O2. The van der Waals surface area contributed by atoms with Gasteiger partial charge in [0.2, 0.25) is 5.91 Å².